The lowest BCUT2D eigenvalue weighted by atomic mass is 9.88. The van der Waals surface area contributed by atoms with Gasteiger partial charge in [-0.2, -0.15) is 0 Å². The summed E-state index contributed by atoms with van der Waals surface area (Å²) in [5.41, 5.74) is 4.31. The van der Waals surface area contributed by atoms with Gasteiger partial charge in [-0.1, -0.05) is 115 Å². The van der Waals surface area contributed by atoms with E-state index in [1.807, 2.05) is 0 Å². The molecule has 0 saturated carbocycles. The van der Waals surface area contributed by atoms with Crippen LogP contribution in [-0.4, -0.2) is 0 Å². The summed E-state index contributed by atoms with van der Waals surface area (Å²) in [7, 11) is 0. The van der Waals surface area contributed by atoms with Crippen LogP contribution in [0.15, 0.2) is 150 Å². The predicted molar refractivity (Wildman–Crippen MR) is 184 cm³/mol. The summed E-state index contributed by atoms with van der Waals surface area (Å²) in [5.74, 6) is 0. The fourth-order valence-corrected chi connectivity index (χ4v) is 7.56. The van der Waals surface area contributed by atoms with Crippen LogP contribution < -0.4 is 0 Å². The molecule has 0 fully saturated rings. The minimum absolute atomic E-state index is 0.915. The van der Waals surface area contributed by atoms with Crippen molar-refractivity contribution in [3.8, 4) is 11.1 Å². The lowest BCUT2D eigenvalue weighted by molar-refractivity contribution is 0.669. The van der Waals surface area contributed by atoms with E-state index in [-0.39, 0.29) is 0 Å². The van der Waals surface area contributed by atoms with Crippen LogP contribution in [0, 0.1) is 0 Å². The first-order valence-electron chi connectivity index (χ1n) is 14.9. The maximum Gasteiger partial charge on any atom is 0.136 e. The van der Waals surface area contributed by atoms with Crippen molar-refractivity contribution in [1.82, 2.24) is 0 Å². The van der Waals surface area contributed by atoms with Crippen LogP contribution in [0.4, 0.5) is 0 Å². The first kappa shape index (κ1) is 23.0. The van der Waals surface area contributed by atoms with Crippen LogP contribution in [0.25, 0.3) is 97.7 Å². The van der Waals surface area contributed by atoms with Gasteiger partial charge in [-0.3, -0.25) is 0 Å². The highest BCUT2D eigenvalue weighted by molar-refractivity contribution is 6.38. The van der Waals surface area contributed by atoms with Gasteiger partial charge in [0.25, 0.3) is 0 Å². The first-order valence-corrected chi connectivity index (χ1v) is 14.9. The molecule has 198 valence electrons. The van der Waals surface area contributed by atoms with Gasteiger partial charge in [-0.25, -0.2) is 0 Å². The third-order valence-electron chi connectivity index (χ3n) is 9.38. The lowest BCUT2D eigenvalue weighted by Crippen LogP contribution is -1.87. The van der Waals surface area contributed by atoms with Crippen LogP contribution in [0.2, 0.25) is 0 Å². The molecule has 0 saturated heterocycles. The molecule has 10 aromatic rings. The second-order valence-corrected chi connectivity index (χ2v) is 11.6. The van der Waals surface area contributed by atoms with E-state index in [1.165, 1.54) is 81.1 Å². The maximum atomic E-state index is 6.57. The zero-order valence-electron chi connectivity index (χ0n) is 23.3. The summed E-state index contributed by atoms with van der Waals surface area (Å²) in [4.78, 5) is 0. The Morgan fingerprint density at radius 1 is 0.302 bits per heavy atom. The average molecular weight is 545 g/mol. The molecule has 1 heteroatoms. The quantitative estimate of drug-likeness (QED) is 0.148. The molecule has 0 aliphatic carbocycles. The van der Waals surface area contributed by atoms with Gasteiger partial charge in [0.2, 0.25) is 0 Å². The third-order valence-corrected chi connectivity index (χ3v) is 9.38. The molecule has 1 heterocycles. The zero-order chi connectivity index (χ0) is 28.1. The van der Waals surface area contributed by atoms with Crippen LogP contribution in [-0.2, 0) is 0 Å². The summed E-state index contributed by atoms with van der Waals surface area (Å²) in [5, 5.41) is 17.6. The van der Waals surface area contributed by atoms with E-state index >= 15 is 0 Å². The fraction of sp³-hybridized carbons (Fsp3) is 0. The van der Waals surface area contributed by atoms with E-state index in [9.17, 15) is 0 Å². The van der Waals surface area contributed by atoms with E-state index in [4.69, 9.17) is 4.42 Å². The van der Waals surface area contributed by atoms with Crippen LogP contribution in [0.1, 0.15) is 0 Å². The molecule has 0 atom stereocenters. The molecule has 1 nitrogen and oxygen atoms in total. The Morgan fingerprint density at radius 3 is 1.65 bits per heavy atom. The topological polar surface area (TPSA) is 13.1 Å². The normalized spacial score (nSPS) is 12.2. The molecular weight excluding hydrogens is 520 g/mol. The van der Waals surface area contributed by atoms with Crippen molar-refractivity contribution in [1.29, 1.82) is 0 Å². The molecule has 9 aromatic carbocycles. The predicted octanol–water partition coefficient (Wildman–Crippen LogP) is 12.2. The van der Waals surface area contributed by atoms with E-state index in [0.29, 0.717) is 0 Å². The van der Waals surface area contributed by atoms with Crippen molar-refractivity contribution in [2.75, 3.05) is 0 Å². The van der Waals surface area contributed by atoms with Gasteiger partial charge in [0.1, 0.15) is 11.2 Å². The smallest absolute Gasteiger partial charge is 0.136 e. The SMILES string of the molecule is c1ccc2c(-c3ccc4oc5ccc6c7ccccc7c7c8ccccc8ccc7c6c5c4c3)c3ccccc3cc2c1. The van der Waals surface area contributed by atoms with Gasteiger partial charge in [0.05, 0.1) is 0 Å². The van der Waals surface area contributed by atoms with Gasteiger partial charge in [-0.15, -0.1) is 0 Å². The summed E-state index contributed by atoms with van der Waals surface area (Å²) in [6.07, 6.45) is 0. The lowest BCUT2D eigenvalue weighted by Gasteiger charge is -2.14. The van der Waals surface area contributed by atoms with Gasteiger partial charge >= 0.3 is 0 Å². The van der Waals surface area contributed by atoms with E-state index in [1.54, 1.807) is 0 Å². The summed E-state index contributed by atoms with van der Waals surface area (Å²) < 4.78 is 6.57. The number of hydrogen-bond acceptors (Lipinski definition) is 1. The minimum Gasteiger partial charge on any atom is -0.456 e. The molecule has 10 rings (SSSR count). The highest BCUT2D eigenvalue weighted by Gasteiger charge is 2.19. The standard InChI is InChI=1S/C42H24O/c1-4-12-29-25(9-1)17-19-35-40(29)33-16-8-7-15-32(33)34-20-22-38-42(41(34)35)36-24-28(18-21-37(36)43-38)39-30-13-5-2-10-26(30)23-27-11-3-6-14-31(27)39/h1-24H. The molecule has 43 heavy (non-hydrogen) atoms. The molecular formula is C42H24O. The molecule has 0 unspecified atom stereocenters. The monoisotopic (exact) mass is 544 g/mol. The first-order chi connectivity index (χ1) is 21.3. The molecule has 0 spiro atoms. The summed E-state index contributed by atoms with van der Waals surface area (Å²) in [6, 6.07) is 53.0. The van der Waals surface area contributed by atoms with Crippen molar-refractivity contribution in [3.05, 3.63) is 146 Å². The van der Waals surface area contributed by atoms with Crippen LogP contribution in [0.3, 0.4) is 0 Å². The highest BCUT2D eigenvalue weighted by atomic mass is 16.3. The summed E-state index contributed by atoms with van der Waals surface area (Å²) in [6.45, 7) is 0. The van der Waals surface area contributed by atoms with Gasteiger partial charge in [0, 0.05) is 16.2 Å². The van der Waals surface area contributed by atoms with Crippen LogP contribution in [0.5, 0.6) is 0 Å². The minimum atomic E-state index is 0.915. The van der Waals surface area contributed by atoms with Gasteiger partial charge in [0.15, 0.2) is 0 Å². The Morgan fingerprint density at radius 2 is 0.884 bits per heavy atom. The van der Waals surface area contributed by atoms with Crippen molar-refractivity contribution in [2.45, 2.75) is 0 Å². The van der Waals surface area contributed by atoms with E-state index < -0.39 is 0 Å². The average Bonchev–Trinajstić information content (AvgIpc) is 3.45. The second-order valence-electron chi connectivity index (χ2n) is 11.6. The Bertz CT molecular complexity index is 2730. The Kier molecular flexibility index (Phi) is 4.51. The van der Waals surface area contributed by atoms with E-state index in [0.717, 1.165) is 16.6 Å². The summed E-state index contributed by atoms with van der Waals surface area (Å²) >= 11 is 0. The molecule has 0 aliphatic rings. The van der Waals surface area contributed by atoms with Gasteiger partial charge < -0.3 is 4.42 Å². The molecule has 1 aromatic heterocycles. The number of furan rings is 1. The van der Waals surface area contributed by atoms with E-state index in [2.05, 4.69) is 146 Å². The number of fused-ring (bicyclic) bond motifs is 14. The molecule has 0 radical (unpaired) electrons. The fourth-order valence-electron chi connectivity index (χ4n) is 7.56. The molecule has 0 aliphatic heterocycles. The third kappa shape index (κ3) is 3.11. The van der Waals surface area contributed by atoms with Crippen LogP contribution >= 0.6 is 0 Å². The Labute approximate surface area is 247 Å². The molecule has 0 N–H and O–H groups in total. The highest BCUT2D eigenvalue weighted by Crippen LogP contribution is 2.45. The zero-order valence-corrected chi connectivity index (χ0v) is 23.3. The Hall–Kier alpha value is -5.66. The Balaban J connectivity index is 1.41. The number of hydrogen-bond donors (Lipinski definition) is 0. The second kappa shape index (κ2) is 8.44. The number of rotatable bonds is 1. The molecule has 0 bridgehead atoms. The molecule has 0 amide bonds. The van der Waals surface area contributed by atoms with Gasteiger partial charge in [-0.05, 0) is 101 Å². The number of benzene rings is 9. The maximum absolute atomic E-state index is 6.57. The van der Waals surface area contributed by atoms with Crippen molar-refractivity contribution in [2.24, 2.45) is 0 Å². The van der Waals surface area contributed by atoms with Crippen molar-refractivity contribution in [3.63, 3.8) is 0 Å². The van der Waals surface area contributed by atoms with Crippen molar-refractivity contribution >= 4 is 86.6 Å². The largest absolute Gasteiger partial charge is 0.456 e. The van der Waals surface area contributed by atoms with Crippen molar-refractivity contribution < 1.29 is 4.42 Å².